The number of hydrogen-bond acceptors (Lipinski definition) is 1. The molecule has 0 atom stereocenters. The molecule has 0 N–H and O–H groups in total. The average molecular weight is 190 g/mol. The molecule has 1 heteroatoms. The summed E-state index contributed by atoms with van der Waals surface area (Å²) in [6.07, 6.45) is 2.65. The van der Waals surface area contributed by atoms with Crippen LogP contribution in [0.1, 0.15) is 37.5 Å². The lowest BCUT2D eigenvalue weighted by atomic mass is 10.00. The molecule has 1 rings (SSSR count). The molecule has 0 bridgehead atoms. The smallest absolute Gasteiger partial charge is 0.134 e. The van der Waals surface area contributed by atoms with Crippen LogP contribution in [0.25, 0.3) is 0 Å². The molecule has 0 aromatic heterocycles. The van der Waals surface area contributed by atoms with E-state index < -0.39 is 0 Å². The Hall–Kier alpha value is -1.11. The van der Waals surface area contributed by atoms with Gasteiger partial charge >= 0.3 is 0 Å². The van der Waals surface area contributed by atoms with Gasteiger partial charge in [0.1, 0.15) is 5.78 Å². The highest BCUT2D eigenvalue weighted by Crippen LogP contribution is 2.12. The van der Waals surface area contributed by atoms with Gasteiger partial charge in [-0.2, -0.15) is 0 Å². The minimum absolute atomic E-state index is 0.236. The highest BCUT2D eigenvalue weighted by Gasteiger charge is 2.01. The highest BCUT2D eigenvalue weighted by molar-refractivity contribution is 5.78. The van der Waals surface area contributed by atoms with Crippen molar-refractivity contribution in [1.82, 2.24) is 0 Å². The quantitative estimate of drug-likeness (QED) is 0.713. The van der Waals surface area contributed by atoms with Crippen LogP contribution in [-0.2, 0) is 24.1 Å². The number of carbonyl (C=O) groups excluding carboxylic acids is 1. The van der Waals surface area contributed by atoms with Gasteiger partial charge in [-0.3, -0.25) is 4.79 Å². The second-order valence-corrected chi connectivity index (χ2v) is 3.74. The molecule has 0 aliphatic heterocycles. The Morgan fingerprint density at radius 2 is 1.43 bits per heavy atom. The van der Waals surface area contributed by atoms with Crippen molar-refractivity contribution in [3.05, 3.63) is 34.9 Å². The van der Waals surface area contributed by atoms with Gasteiger partial charge in [-0.15, -0.1) is 0 Å². The van der Waals surface area contributed by atoms with Crippen molar-refractivity contribution in [2.75, 3.05) is 0 Å². The maximum atomic E-state index is 11.0. The maximum Gasteiger partial charge on any atom is 0.134 e. The molecule has 0 aliphatic rings. The molecule has 0 unspecified atom stereocenters. The van der Waals surface area contributed by atoms with Gasteiger partial charge in [-0.25, -0.2) is 0 Å². The second-order valence-electron chi connectivity index (χ2n) is 3.74. The molecule has 0 amide bonds. The van der Waals surface area contributed by atoms with Gasteiger partial charge in [0.25, 0.3) is 0 Å². The Labute approximate surface area is 86.1 Å². The molecular weight excluding hydrogens is 172 g/mol. The molecule has 0 saturated carbocycles. The van der Waals surface area contributed by atoms with Crippen molar-refractivity contribution < 1.29 is 4.79 Å². The summed E-state index contributed by atoms with van der Waals surface area (Å²) in [4.78, 5) is 11.0. The van der Waals surface area contributed by atoms with Crippen LogP contribution in [0, 0.1) is 0 Å². The van der Waals surface area contributed by atoms with Crippen LogP contribution in [0.4, 0.5) is 0 Å². The molecular formula is C13H18O. The van der Waals surface area contributed by atoms with E-state index in [1.54, 1.807) is 6.92 Å². The Bertz CT molecular complexity index is 304. The minimum atomic E-state index is 0.236. The van der Waals surface area contributed by atoms with E-state index in [1.807, 2.05) is 0 Å². The third kappa shape index (κ3) is 2.99. The zero-order chi connectivity index (χ0) is 10.6. The van der Waals surface area contributed by atoms with Crippen molar-refractivity contribution in [2.45, 2.75) is 40.0 Å². The normalized spacial score (nSPS) is 10.2. The van der Waals surface area contributed by atoms with Crippen LogP contribution in [0.3, 0.4) is 0 Å². The lowest BCUT2D eigenvalue weighted by molar-refractivity contribution is -0.116. The number of aryl methyl sites for hydroxylation is 2. The molecule has 1 aromatic carbocycles. The largest absolute Gasteiger partial charge is 0.300 e. The number of ketones is 1. The lowest BCUT2D eigenvalue weighted by Crippen LogP contribution is -1.98. The predicted molar refractivity (Wildman–Crippen MR) is 59.6 cm³/mol. The maximum absolute atomic E-state index is 11.0. The summed E-state index contributed by atoms with van der Waals surface area (Å²) in [5, 5.41) is 0. The van der Waals surface area contributed by atoms with Gasteiger partial charge < -0.3 is 0 Å². The molecule has 0 fully saturated rings. The third-order valence-electron chi connectivity index (χ3n) is 2.38. The topological polar surface area (TPSA) is 17.1 Å². The van der Waals surface area contributed by atoms with Crippen molar-refractivity contribution >= 4 is 5.78 Å². The number of rotatable bonds is 4. The van der Waals surface area contributed by atoms with E-state index in [9.17, 15) is 4.79 Å². The van der Waals surface area contributed by atoms with Gasteiger partial charge in [-0.1, -0.05) is 32.0 Å². The van der Waals surface area contributed by atoms with E-state index in [0.29, 0.717) is 6.42 Å². The Morgan fingerprint density at radius 1 is 1.00 bits per heavy atom. The molecule has 14 heavy (non-hydrogen) atoms. The summed E-state index contributed by atoms with van der Waals surface area (Å²) < 4.78 is 0. The Kier molecular flexibility index (Phi) is 3.87. The number of carbonyl (C=O) groups is 1. The summed E-state index contributed by atoms with van der Waals surface area (Å²) in [5.74, 6) is 0.236. The predicted octanol–water partition coefficient (Wildman–Crippen LogP) is 2.94. The van der Waals surface area contributed by atoms with Gasteiger partial charge in [0.15, 0.2) is 0 Å². The fourth-order valence-electron chi connectivity index (χ4n) is 1.64. The summed E-state index contributed by atoms with van der Waals surface area (Å²) >= 11 is 0. The molecule has 0 spiro atoms. The van der Waals surface area contributed by atoms with Gasteiger partial charge in [0.05, 0.1) is 0 Å². The van der Waals surface area contributed by atoms with Crippen molar-refractivity contribution in [3.8, 4) is 0 Å². The van der Waals surface area contributed by atoms with Crippen LogP contribution in [0.5, 0.6) is 0 Å². The van der Waals surface area contributed by atoms with Crippen molar-refractivity contribution in [2.24, 2.45) is 0 Å². The highest BCUT2D eigenvalue weighted by atomic mass is 16.1. The molecule has 0 saturated heterocycles. The molecule has 0 radical (unpaired) electrons. The van der Waals surface area contributed by atoms with E-state index in [-0.39, 0.29) is 5.78 Å². The summed E-state index contributed by atoms with van der Waals surface area (Å²) in [5.41, 5.74) is 3.83. The Balaban J connectivity index is 2.98. The van der Waals surface area contributed by atoms with Crippen LogP contribution in [0.15, 0.2) is 18.2 Å². The number of benzene rings is 1. The average Bonchev–Trinajstić information content (AvgIpc) is 2.16. The second kappa shape index (κ2) is 4.94. The fourth-order valence-corrected chi connectivity index (χ4v) is 1.64. The van der Waals surface area contributed by atoms with E-state index in [4.69, 9.17) is 0 Å². The zero-order valence-electron chi connectivity index (χ0n) is 9.26. The first-order valence-corrected chi connectivity index (χ1v) is 5.26. The standard InChI is InChI=1S/C13H18O/c1-4-11-7-12(5-2)9-13(8-11)6-10(3)14/h7-9H,4-6H2,1-3H3. The van der Waals surface area contributed by atoms with Gasteiger partial charge in [0.2, 0.25) is 0 Å². The molecule has 1 aromatic rings. The first kappa shape index (κ1) is 11.0. The first-order valence-electron chi connectivity index (χ1n) is 5.26. The number of hydrogen-bond donors (Lipinski definition) is 0. The van der Waals surface area contributed by atoms with E-state index in [0.717, 1.165) is 18.4 Å². The van der Waals surface area contributed by atoms with Gasteiger partial charge in [0, 0.05) is 6.42 Å². The summed E-state index contributed by atoms with van der Waals surface area (Å²) in [6.45, 7) is 5.93. The van der Waals surface area contributed by atoms with Crippen LogP contribution in [0.2, 0.25) is 0 Å². The van der Waals surface area contributed by atoms with Crippen LogP contribution < -0.4 is 0 Å². The third-order valence-corrected chi connectivity index (χ3v) is 2.38. The van der Waals surface area contributed by atoms with Crippen LogP contribution >= 0.6 is 0 Å². The van der Waals surface area contributed by atoms with E-state index in [2.05, 4.69) is 32.0 Å². The molecule has 0 aliphatic carbocycles. The fraction of sp³-hybridized carbons (Fsp3) is 0.462. The summed E-state index contributed by atoms with van der Waals surface area (Å²) in [6, 6.07) is 6.50. The SMILES string of the molecule is CCc1cc(CC)cc(CC(C)=O)c1. The number of Topliss-reactive ketones (excluding diaryl/α,β-unsaturated/α-hetero) is 1. The summed E-state index contributed by atoms with van der Waals surface area (Å²) in [7, 11) is 0. The van der Waals surface area contributed by atoms with Crippen molar-refractivity contribution in [1.29, 1.82) is 0 Å². The van der Waals surface area contributed by atoms with E-state index in [1.165, 1.54) is 11.1 Å². The lowest BCUT2D eigenvalue weighted by Gasteiger charge is -2.06. The molecule has 76 valence electrons. The monoisotopic (exact) mass is 190 g/mol. The van der Waals surface area contributed by atoms with Crippen molar-refractivity contribution in [3.63, 3.8) is 0 Å². The van der Waals surface area contributed by atoms with Gasteiger partial charge in [-0.05, 0) is 36.5 Å². The molecule has 0 heterocycles. The van der Waals surface area contributed by atoms with Crippen LogP contribution in [-0.4, -0.2) is 5.78 Å². The first-order chi connectivity index (χ1) is 6.65. The molecule has 1 nitrogen and oxygen atoms in total. The zero-order valence-corrected chi connectivity index (χ0v) is 9.26. The van der Waals surface area contributed by atoms with E-state index >= 15 is 0 Å². The minimum Gasteiger partial charge on any atom is -0.300 e. The Morgan fingerprint density at radius 3 is 1.79 bits per heavy atom.